The van der Waals surface area contributed by atoms with Gasteiger partial charge in [0.15, 0.2) is 0 Å². The van der Waals surface area contributed by atoms with Gasteiger partial charge < -0.3 is 11.1 Å². The van der Waals surface area contributed by atoms with Gasteiger partial charge in [0.25, 0.3) is 0 Å². The number of rotatable bonds is 2. The summed E-state index contributed by atoms with van der Waals surface area (Å²) in [5, 5.41) is 4.70. The monoisotopic (exact) mass is 260 g/mol. The average molecular weight is 260 g/mol. The standard InChI is InChI=1S/C12H24N2S2/c13-12-10(5-2-6-11(12)16)14-8-3-1-4-9(15)7-8/h8-12,14-16H,1-7,13H2/t8-,9-,10?,11?,12?/m1/s1. The van der Waals surface area contributed by atoms with Crippen LogP contribution in [-0.2, 0) is 0 Å². The second-order valence-corrected chi connectivity index (χ2v) is 6.76. The van der Waals surface area contributed by atoms with Crippen LogP contribution >= 0.6 is 25.3 Å². The predicted octanol–water partition coefficient (Wildman–Crippen LogP) is 2.00. The number of nitrogens with two attached hydrogens (primary N) is 1. The Morgan fingerprint density at radius 1 is 1.00 bits per heavy atom. The van der Waals surface area contributed by atoms with Gasteiger partial charge in [-0.25, -0.2) is 0 Å². The van der Waals surface area contributed by atoms with Gasteiger partial charge in [-0.1, -0.05) is 12.8 Å². The van der Waals surface area contributed by atoms with Crippen LogP contribution in [0.25, 0.3) is 0 Å². The van der Waals surface area contributed by atoms with Gasteiger partial charge in [0.1, 0.15) is 0 Å². The van der Waals surface area contributed by atoms with E-state index < -0.39 is 0 Å². The first-order valence-electron chi connectivity index (χ1n) is 6.54. The van der Waals surface area contributed by atoms with Crippen LogP contribution in [0.4, 0.5) is 0 Å². The van der Waals surface area contributed by atoms with E-state index in [1.807, 2.05) is 0 Å². The zero-order valence-corrected chi connectivity index (χ0v) is 11.6. The summed E-state index contributed by atoms with van der Waals surface area (Å²) in [4.78, 5) is 0. The third-order valence-electron chi connectivity index (χ3n) is 4.02. The third kappa shape index (κ3) is 3.31. The lowest BCUT2D eigenvalue weighted by Gasteiger charge is -2.38. The molecular formula is C12H24N2S2. The Hall–Kier alpha value is 0.620. The molecule has 0 heterocycles. The molecule has 2 nitrogen and oxygen atoms in total. The quantitative estimate of drug-likeness (QED) is 0.573. The highest BCUT2D eigenvalue weighted by Crippen LogP contribution is 2.26. The van der Waals surface area contributed by atoms with Crippen LogP contribution < -0.4 is 11.1 Å². The van der Waals surface area contributed by atoms with Gasteiger partial charge in [-0.2, -0.15) is 25.3 Å². The minimum Gasteiger partial charge on any atom is -0.325 e. The van der Waals surface area contributed by atoms with Gasteiger partial charge in [-0.15, -0.1) is 0 Å². The van der Waals surface area contributed by atoms with Crippen molar-refractivity contribution in [2.75, 3.05) is 0 Å². The van der Waals surface area contributed by atoms with Crippen molar-refractivity contribution in [2.24, 2.45) is 5.73 Å². The molecule has 0 aromatic heterocycles. The molecule has 0 aromatic rings. The molecule has 0 spiro atoms. The Morgan fingerprint density at radius 3 is 2.50 bits per heavy atom. The van der Waals surface area contributed by atoms with Crippen LogP contribution in [0.15, 0.2) is 0 Å². The lowest BCUT2D eigenvalue weighted by atomic mass is 9.87. The number of thiol groups is 2. The van der Waals surface area contributed by atoms with Crippen molar-refractivity contribution in [2.45, 2.75) is 73.6 Å². The number of nitrogens with one attached hydrogen (secondary N) is 1. The smallest absolute Gasteiger partial charge is 0.0312 e. The molecule has 5 atom stereocenters. The van der Waals surface area contributed by atoms with E-state index in [-0.39, 0.29) is 6.04 Å². The predicted molar refractivity (Wildman–Crippen MR) is 76.6 cm³/mol. The van der Waals surface area contributed by atoms with E-state index in [1.54, 1.807) is 0 Å². The van der Waals surface area contributed by atoms with Gasteiger partial charge in [-0.3, -0.25) is 0 Å². The summed E-state index contributed by atoms with van der Waals surface area (Å²) >= 11 is 9.16. The first kappa shape index (κ1) is 13.1. The first-order chi connectivity index (χ1) is 7.66. The molecule has 2 rings (SSSR count). The minimum atomic E-state index is 0.220. The Labute approximate surface area is 110 Å². The maximum absolute atomic E-state index is 6.22. The maximum atomic E-state index is 6.22. The van der Waals surface area contributed by atoms with Crippen molar-refractivity contribution in [3.8, 4) is 0 Å². The normalized spacial score (nSPS) is 45.6. The molecular weight excluding hydrogens is 236 g/mol. The summed E-state index contributed by atoms with van der Waals surface area (Å²) in [5.41, 5.74) is 6.22. The van der Waals surface area contributed by atoms with Gasteiger partial charge in [-0.05, 0) is 32.1 Å². The highest BCUT2D eigenvalue weighted by Gasteiger charge is 2.30. The summed E-state index contributed by atoms with van der Waals surface area (Å²) in [7, 11) is 0. The SMILES string of the molecule is NC1C(S)CCCC1N[C@@H]1CCC[C@@H](S)C1. The maximum Gasteiger partial charge on any atom is 0.0312 e. The molecule has 0 aromatic carbocycles. The molecule has 2 fully saturated rings. The van der Waals surface area contributed by atoms with Crippen molar-refractivity contribution in [1.82, 2.24) is 5.32 Å². The van der Waals surface area contributed by atoms with E-state index >= 15 is 0 Å². The summed E-state index contributed by atoms with van der Waals surface area (Å²) in [6.07, 6.45) is 8.71. The molecule has 3 N–H and O–H groups in total. The Balaban J connectivity index is 1.83. The fraction of sp³-hybridized carbons (Fsp3) is 1.00. The van der Waals surface area contributed by atoms with Crippen molar-refractivity contribution in [3.63, 3.8) is 0 Å². The molecule has 4 heteroatoms. The van der Waals surface area contributed by atoms with Gasteiger partial charge in [0.2, 0.25) is 0 Å². The minimum absolute atomic E-state index is 0.220. The number of hydrogen-bond acceptors (Lipinski definition) is 4. The van der Waals surface area contributed by atoms with Crippen molar-refractivity contribution < 1.29 is 0 Å². The highest BCUT2D eigenvalue weighted by atomic mass is 32.1. The zero-order valence-electron chi connectivity index (χ0n) is 9.81. The van der Waals surface area contributed by atoms with Gasteiger partial charge in [0.05, 0.1) is 0 Å². The van der Waals surface area contributed by atoms with Crippen molar-refractivity contribution in [1.29, 1.82) is 0 Å². The molecule has 0 aliphatic heterocycles. The van der Waals surface area contributed by atoms with Crippen LogP contribution in [0.1, 0.15) is 44.9 Å². The molecule has 0 amide bonds. The van der Waals surface area contributed by atoms with E-state index in [2.05, 4.69) is 30.6 Å². The Morgan fingerprint density at radius 2 is 1.75 bits per heavy atom. The molecule has 0 bridgehead atoms. The Kier molecular flexibility index (Phi) is 4.89. The second kappa shape index (κ2) is 5.98. The Bertz CT molecular complexity index is 225. The molecule has 16 heavy (non-hydrogen) atoms. The van der Waals surface area contributed by atoms with Gasteiger partial charge in [0, 0.05) is 28.6 Å². The van der Waals surface area contributed by atoms with Crippen molar-refractivity contribution >= 4 is 25.3 Å². The van der Waals surface area contributed by atoms with Gasteiger partial charge >= 0.3 is 0 Å². The van der Waals surface area contributed by atoms with E-state index in [0.29, 0.717) is 22.6 Å². The molecule has 2 aliphatic carbocycles. The zero-order chi connectivity index (χ0) is 11.5. The fourth-order valence-corrected chi connectivity index (χ4v) is 3.84. The fourth-order valence-electron chi connectivity index (χ4n) is 3.01. The molecule has 94 valence electrons. The van der Waals surface area contributed by atoms with E-state index in [4.69, 9.17) is 5.73 Å². The highest BCUT2D eigenvalue weighted by molar-refractivity contribution is 7.81. The molecule has 0 radical (unpaired) electrons. The molecule has 0 saturated heterocycles. The summed E-state index contributed by atoms with van der Waals surface area (Å²) in [6, 6.07) is 1.32. The van der Waals surface area contributed by atoms with Crippen LogP contribution in [0.3, 0.4) is 0 Å². The molecule has 2 aliphatic rings. The molecule has 3 unspecified atom stereocenters. The average Bonchev–Trinajstić information content (AvgIpc) is 2.25. The lowest BCUT2D eigenvalue weighted by Crippen LogP contribution is -2.55. The summed E-state index contributed by atoms with van der Waals surface area (Å²) in [6.45, 7) is 0. The van der Waals surface area contributed by atoms with E-state index in [0.717, 1.165) is 0 Å². The van der Waals surface area contributed by atoms with Crippen LogP contribution in [0.5, 0.6) is 0 Å². The van der Waals surface area contributed by atoms with Crippen LogP contribution in [-0.4, -0.2) is 28.6 Å². The number of hydrogen-bond donors (Lipinski definition) is 4. The van der Waals surface area contributed by atoms with E-state index in [9.17, 15) is 0 Å². The lowest BCUT2D eigenvalue weighted by molar-refractivity contribution is 0.274. The first-order valence-corrected chi connectivity index (χ1v) is 7.58. The van der Waals surface area contributed by atoms with E-state index in [1.165, 1.54) is 44.9 Å². The second-order valence-electron chi connectivity index (χ2n) is 5.37. The topological polar surface area (TPSA) is 38.0 Å². The summed E-state index contributed by atoms with van der Waals surface area (Å²) in [5.74, 6) is 0. The summed E-state index contributed by atoms with van der Waals surface area (Å²) < 4.78 is 0. The van der Waals surface area contributed by atoms with Crippen LogP contribution in [0, 0.1) is 0 Å². The van der Waals surface area contributed by atoms with Crippen molar-refractivity contribution in [3.05, 3.63) is 0 Å². The molecule has 2 saturated carbocycles. The van der Waals surface area contributed by atoms with Crippen LogP contribution in [0.2, 0.25) is 0 Å². The third-order valence-corrected chi connectivity index (χ3v) is 5.09. The largest absolute Gasteiger partial charge is 0.325 e.